The number of carbonyl (C=O) groups excluding carboxylic acids is 2. The molecule has 154 valence electrons. The Bertz CT molecular complexity index is 846. The maximum atomic E-state index is 11.8. The fourth-order valence-corrected chi connectivity index (χ4v) is 2.20. The van der Waals surface area contributed by atoms with E-state index < -0.39 is 23.7 Å². The molecule has 2 rings (SSSR count). The Balaban J connectivity index is 0.000000304. The Morgan fingerprint density at radius 1 is 0.667 bits per heavy atom. The van der Waals surface area contributed by atoms with Crippen molar-refractivity contribution in [3.63, 3.8) is 0 Å². The SMILES string of the molecule is CC(C)C(C#N)N=NC(C#N)C(C)C.O=C(C(=O)c1ccccc1)c1ccccc1. The minimum Gasteiger partial charge on any atom is -0.285 e. The lowest BCUT2D eigenvalue weighted by molar-refractivity contribution is 0.0817. The van der Waals surface area contributed by atoms with Gasteiger partial charge in [-0.1, -0.05) is 88.4 Å². The molecule has 0 radical (unpaired) electrons. The number of hydrogen-bond acceptors (Lipinski definition) is 6. The highest BCUT2D eigenvalue weighted by Gasteiger charge is 2.17. The van der Waals surface area contributed by atoms with Crippen LogP contribution >= 0.6 is 0 Å². The van der Waals surface area contributed by atoms with Crippen molar-refractivity contribution >= 4 is 11.6 Å². The molecular formula is C24H26N4O2. The molecule has 0 amide bonds. The van der Waals surface area contributed by atoms with Crippen LogP contribution in [0.1, 0.15) is 48.4 Å². The normalized spacial score (nSPS) is 12.4. The third-order valence-corrected chi connectivity index (χ3v) is 4.12. The summed E-state index contributed by atoms with van der Waals surface area (Å²) in [7, 11) is 0. The molecule has 0 spiro atoms. The van der Waals surface area contributed by atoms with Crippen molar-refractivity contribution in [1.82, 2.24) is 0 Å². The highest BCUT2D eigenvalue weighted by Crippen LogP contribution is 2.10. The van der Waals surface area contributed by atoms with Gasteiger partial charge < -0.3 is 0 Å². The quantitative estimate of drug-likeness (QED) is 0.356. The molecule has 0 N–H and O–H groups in total. The molecule has 0 fully saturated rings. The summed E-state index contributed by atoms with van der Waals surface area (Å²) in [6.07, 6.45) is 0. The number of benzene rings is 2. The van der Waals surface area contributed by atoms with Crippen molar-refractivity contribution in [3.05, 3.63) is 71.8 Å². The minimum absolute atomic E-state index is 0.134. The average molecular weight is 402 g/mol. The Kier molecular flexibility index (Phi) is 10.4. The van der Waals surface area contributed by atoms with Gasteiger partial charge >= 0.3 is 0 Å². The molecule has 30 heavy (non-hydrogen) atoms. The van der Waals surface area contributed by atoms with Crippen molar-refractivity contribution in [2.75, 3.05) is 0 Å². The zero-order valence-electron chi connectivity index (χ0n) is 17.7. The van der Waals surface area contributed by atoms with Crippen molar-refractivity contribution in [3.8, 4) is 12.1 Å². The third kappa shape index (κ3) is 7.77. The molecule has 0 aromatic heterocycles. The molecular weight excluding hydrogens is 376 g/mol. The van der Waals surface area contributed by atoms with Crippen LogP contribution in [0.15, 0.2) is 70.9 Å². The lowest BCUT2D eigenvalue weighted by Crippen LogP contribution is -2.14. The van der Waals surface area contributed by atoms with Crippen LogP contribution in [0, 0.1) is 34.5 Å². The molecule has 6 nitrogen and oxygen atoms in total. The van der Waals surface area contributed by atoms with E-state index in [9.17, 15) is 9.59 Å². The Hall–Kier alpha value is -3.64. The van der Waals surface area contributed by atoms with Crippen LogP contribution in [-0.4, -0.2) is 23.7 Å². The van der Waals surface area contributed by atoms with Crippen LogP contribution in [0.4, 0.5) is 0 Å². The summed E-state index contributed by atoms with van der Waals surface area (Å²) in [4.78, 5) is 23.6. The topological polar surface area (TPSA) is 106 Å². The summed E-state index contributed by atoms with van der Waals surface area (Å²) < 4.78 is 0. The molecule has 2 aromatic rings. The predicted molar refractivity (Wildman–Crippen MR) is 115 cm³/mol. The third-order valence-electron chi connectivity index (χ3n) is 4.12. The van der Waals surface area contributed by atoms with E-state index in [0.717, 1.165) is 0 Å². The van der Waals surface area contributed by atoms with Gasteiger partial charge in [0.05, 0.1) is 12.1 Å². The first-order chi connectivity index (χ1) is 14.3. The van der Waals surface area contributed by atoms with E-state index in [1.165, 1.54) is 0 Å². The number of hydrogen-bond donors (Lipinski definition) is 0. The summed E-state index contributed by atoms with van der Waals surface area (Å²) in [6.45, 7) is 7.63. The predicted octanol–water partition coefficient (Wildman–Crippen LogP) is 5.29. The minimum atomic E-state index is -0.466. The Labute approximate surface area is 177 Å². The van der Waals surface area contributed by atoms with Crippen LogP contribution in [0.25, 0.3) is 0 Å². The lowest BCUT2D eigenvalue weighted by atomic mass is 10.0. The second kappa shape index (κ2) is 12.7. The fourth-order valence-electron chi connectivity index (χ4n) is 2.20. The van der Waals surface area contributed by atoms with Gasteiger partial charge in [-0.2, -0.15) is 20.8 Å². The van der Waals surface area contributed by atoms with E-state index in [-0.39, 0.29) is 11.8 Å². The molecule has 2 atom stereocenters. The van der Waals surface area contributed by atoms with Gasteiger partial charge in [-0.25, -0.2) is 0 Å². The monoisotopic (exact) mass is 402 g/mol. The number of Topliss-reactive ketones (excluding diaryl/α,β-unsaturated/α-hetero) is 2. The fraction of sp³-hybridized carbons (Fsp3) is 0.333. The molecule has 6 heteroatoms. The summed E-state index contributed by atoms with van der Waals surface area (Å²) in [5.41, 5.74) is 0.854. The van der Waals surface area contributed by atoms with E-state index in [4.69, 9.17) is 10.5 Å². The summed E-state index contributed by atoms with van der Waals surface area (Å²) in [6, 6.07) is 20.4. The highest BCUT2D eigenvalue weighted by atomic mass is 16.2. The van der Waals surface area contributed by atoms with E-state index in [0.29, 0.717) is 11.1 Å². The second-order valence-corrected chi connectivity index (χ2v) is 7.26. The van der Waals surface area contributed by atoms with Crippen LogP contribution in [0.3, 0.4) is 0 Å². The van der Waals surface area contributed by atoms with Crippen molar-refractivity contribution in [2.24, 2.45) is 22.1 Å². The van der Waals surface area contributed by atoms with Crippen molar-refractivity contribution in [1.29, 1.82) is 10.5 Å². The number of nitrogens with zero attached hydrogens (tertiary/aromatic N) is 4. The summed E-state index contributed by atoms with van der Waals surface area (Å²) in [5.74, 6) is -0.663. The van der Waals surface area contributed by atoms with Crippen molar-refractivity contribution in [2.45, 2.75) is 39.8 Å². The number of nitriles is 2. The van der Waals surface area contributed by atoms with Gasteiger partial charge in [-0.05, 0) is 11.8 Å². The zero-order valence-corrected chi connectivity index (χ0v) is 17.7. The Morgan fingerprint density at radius 3 is 1.20 bits per heavy atom. The number of azo groups is 1. The van der Waals surface area contributed by atoms with E-state index in [2.05, 4.69) is 22.4 Å². The molecule has 2 unspecified atom stereocenters. The molecule has 0 saturated carbocycles. The lowest BCUT2D eigenvalue weighted by Gasteiger charge is -2.09. The Morgan fingerprint density at radius 2 is 0.967 bits per heavy atom. The second-order valence-electron chi connectivity index (χ2n) is 7.26. The average Bonchev–Trinajstić information content (AvgIpc) is 2.77. The maximum absolute atomic E-state index is 11.8. The van der Waals surface area contributed by atoms with E-state index in [1.807, 2.05) is 39.8 Å². The van der Waals surface area contributed by atoms with Gasteiger partial charge in [-0.15, -0.1) is 0 Å². The molecule has 0 aliphatic rings. The molecule has 0 bridgehead atoms. The van der Waals surface area contributed by atoms with Crippen molar-refractivity contribution < 1.29 is 9.59 Å². The number of carbonyl (C=O) groups is 2. The molecule has 0 aliphatic heterocycles. The van der Waals surface area contributed by atoms with Crippen LogP contribution in [-0.2, 0) is 0 Å². The standard InChI is InChI=1S/C14H10O2.C10H16N4/c15-13(11-7-3-1-4-8-11)14(16)12-9-5-2-6-10-12;1-7(2)9(5-11)13-14-10(6-12)8(3)4/h1-10H;7-10H,1-4H3. The van der Waals surface area contributed by atoms with Gasteiger partial charge in [0.2, 0.25) is 11.6 Å². The smallest absolute Gasteiger partial charge is 0.233 e. The first-order valence-electron chi connectivity index (χ1n) is 9.70. The highest BCUT2D eigenvalue weighted by molar-refractivity contribution is 6.49. The first kappa shape index (κ1) is 24.4. The molecule has 0 aliphatic carbocycles. The largest absolute Gasteiger partial charge is 0.285 e. The number of ketones is 2. The molecule has 2 aromatic carbocycles. The molecule has 0 heterocycles. The van der Waals surface area contributed by atoms with E-state index >= 15 is 0 Å². The molecule has 0 saturated heterocycles. The van der Waals surface area contributed by atoms with Crippen LogP contribution < -0.4 is 0 Å². The van der Waals surface area contributed by atoms with Crippen LogP contribution in [0.2, 0.25) is 0 Å². The van der Waals surface area contributed by atoms with E-state index in [1.54, 1.807) is 48.5 Å². The van der Waals surface area contributed by atoms with Gasteiger partial charge in [0.25, 0.3) is 0 Å². The maximum Gasteiger partial charge on any atom is 0.233 e. The summed E-state index contributed by atoms with van der Waals surface area (Å²) in [5, 5.41) is 25.2. The van der Waals surface area contributed by atoms with Gasteiger partial charge in [0.1, 0.15) is 0 Å². The van der Waals surface area contributed by atoms with Crippen LogP contribution in [0.5, 0.6) is 0 Å². The summed E-state index contributed by atoms with van der Waals surface area (Å²) >= 11 is 0. The van der Waals surface area contributed by atoms with Gasteiger partial charge in [0.15, 0.2) is 12.1 Å². The van der Waals surface area contributed by atoms with Gasteiger partial charge in [0, 0.05) is 11.1 Å². The first-order valence-corrected chi connectivity index (χ1v) is 9.70. The van der Waals surface area contributed by atoms with Gasteiger partial charge in [-0.3, -0.25) is 9.59 Å². The zero-order chi connectivity index (χ0) is 22.5. The number of rotatable bonds is 7.